The summed E-state index contributed by atoms with van der Waals surface area (Å²) in [5, 5.41) is 8.83. The van der Waals surface area contributed by atoms with E-state index in [-0.39, 0.29) is 23.6 Å². The van der Waals surface area contributed by atoms with E-state index in [0.717, 1.165) is 10.4 Å². The first kappa shape index (κ1) is 14.6. The Labute approximate surface area is 106 Å². The number of carboxylic acids is 1. The molecule has 0 saturated heterocycles. The smallest absolute Gasteiger partial charge is 0.335 e. The molecule has 0 radical (unpaired) electrons. The van der Waals surface area contributed by atoms with Gasteiger partial charge in [-0.3, -0.25) is 0 Å². The highest BCUT2D eigenvalue weighted by Gasteiger charge is 2.21. The summed E-state index contributed by atoms with van der Waals surface area (Å²) in [7, 11) is -0.781. The van der Waals surface area contributed by atoms with Gasteiger partial charge in [-0.05, 0) is 18.2 Å². The van der Waals surface area contributed by atoms with E-state index in [9.17, 15) is 13.2 Å². The molecule has 0 spiro atoms. The summed E-state index contributed by atoms with van der Waals surface area (Å²) in [6.45, 7) is 0.477. The average molecular weight is 273 g/mol. The minimum absolute atomic E-state index is 0.0407. The molecule has 0 saturated carbocycles. The Hall–Kier alpha value is -1.44. The van der Waals surface area contributed by atoms with Crippen LogP contribution in [-0.2, 0) is 14.8 Å². The molecular formula is C11H15NO5S. The molecule has 0 aliphatic carbocycles. The molecule has 1 rings (SSSR count). The number of carboxylic acid groups (broad SMARTS) is 1. The van der Waals surface area contributed by atoms with Crippen LogP contribution in [0.5, 0.6) is 0 Å². The fourth-order valence-corrected chi connectivity index (χ4v) is 2.51. The van der Waals surface area contributed by atoms with Gasteiger partial charge in [0.2, 0.25) is 10.0 Å². The second kappa shape index (κ2) is 5.94. The summed E-state index contributed by atoms with van der Waals surface area (Å²) in [5.41, 5.74) is -0.0591. The molecule has 6 nitrogen and oxygen atoms in total. The molecule has 0 aliphatic rings. The minimum atomic E-state index is -3.68. The highest BCUT2D eigenvalue weighted by molar-refractivity contribution is 7.89. The molecule has 0 atom stereocenters. The van der Waals surface area contributed by atoms with Crippen molar-refractivity contribution in [3.05, 3.63) is 29.8 Å². The van der Waals surface area contributed by atoms with Gasteiger partial charge in [0.15, 0.2) is 0 Å². The molecule has 0 amide bonds. The molecule has 0 aliphatic heterocycles. The Morgan fingerprint density at radius 1 is 1.44 bits per heavy atom. The van der Waals surface area contributed by atoms with Crippen molar-refractivity contribution in [2.75, 3.05) is 27.3 Å². The van der Waals surface area contributed by atoms with Gasteiger partial charge >= 0.3 is 5.97 Å². The van der Waals surface area contributed by atoms with Crippen molar-refractivity contribution in [3.63, 3.8) is 0 Å². The molecule has 0 fully saturated rings. The summed E-state index contributed by atoms with van der Waals surface area (Å²) in [5.74, 6) is -1.16. The normalized spacial score (nSPS) is 11.7. The van der Waals surface area contributed by atoms with Crippen LogP contribution in [0.3, 0.4) is 0 Å². The molecule has 18 heavy (non-hydrogen) atoms. The number of benzene rings is 1. The molecular weight excluding hydrogens is 258 g/mol. The predicted molar refractivity (Wildman–Crippen MR) is 65.1 cm³/mol. The molecule has 0 bridgehead atoms. The number of sulfonamides is 1. The van der Waals surface area contributed by atoms with Gasteiger partial charge in [-0.15, -0.1) is 0 Å². The van der Waals surface area contributed by atoms with Gasteiger partial charge in [-0.25, -0.2) is 13.2 Å². The first-order chi connectivity index (χ1) is 8.39. The fourth-order valence-electron chi connectivity index (χ4n) is 1.31. The van der Waals surface area contributed by atoms with Gasteiger partial charge in [0, 0.05) is 20.7 Å². The van der Waals surface area contributed by atoms with Crippen LogP contribution < -0.4 is 0 Å². The lowest BCUT2D eigenvalue weighted by Crippen LogP contribution is -2.30. The molecule has 1 aromatic rings. The summed E-state index contributed by atoms with van der Waals surface area (Å²) in [6.07, 6.45) is 0. The molecule has 1 aromatic carbocycles. The van der Waals surface area contributed by atoms with Crippen molar-refractivity contribution in [2.45, 2.75) is 4.90 Å². The van der Waals surface area contributed by atoms with Crippen LogP contribution in [0.4, 0.5) is 0 Å². The number of rotatable bonds is 6. The minimum Gasteiger partial charge on any atom is -0.478 e. The van der Waals surface area contributed by atoms with Crippen molar-refractivity contribution in [1.29, 1.82) is 0 Å². The van der Waals surface area contributed by atoms with Gasteiger partial charge in [0.1, 0.15) is 0 Å². The first-order valence-corrected chi connectivity index (χ1v) is 6.62. The van der Waals surface area contributed by atoms with E-state index in [4.69, 9.17) is 9.84 Å². The lowest BCUT2D eigenvalue weighted by Gasteiger charge is -2.16. The third-order valence-electron chi connectivity index (χ3n) is 2.40. The summed E-state index contributed by atoms with van der Waals surface area (Å²) < 4.78 is 30.1. The van der Waals surface area contributed by atoms with E-state index in [1.165, 1.54) is 32.4 Å². The first-order valence-electron chi connectivity index (χ1n) is 5.18. The van der Waals surface area contributed by atoms with Gasteiger partial charge in [-0.1, -0.05) is 6.07 Å². The molecule has 1 N–H and O–H groups in total. The SMILES string of the molecule is COCCN(C)S(=O)(=O)c1cccc(C(=O)O)c1. The van der Waals surface area contributed by atoms with Crippen molar-refractivity contribution < 1.29 is 23.1 Å². The van der Waals surface area contributed by atoms with Gasteiger partial charge in [0.25, 0.3) is 0 Å². The maximum Gasteiger partial charge on any atom is 0.335 e. The van der Waals surface area contributed by atoms with E-state index in [1.807, 2.05) is 0 Å². The Bertz CT molecular complexity index is 526. The quantitative estimate of drug-likeness (QED) is 0.822. The number of carbonyl (C=O) groups is 1. The van der Waals surface area contributed by atoms with Crippen molar-refractivity contribution in [1.82, 2.24) is 4.31 Å². The van der Waals surface area contributed by atoms with Crippen LogP contribution in [0.1, 0.15) is 10.4 Å². The third-order valence-corrected chi connectivity index (χ3v) is 4.25. The fraction of sp³-hybridized carbons (Fsp3) is 0.364. The molecule has 0 heterocycles. The zero-order valence-electron chi connectivity index (χ0n) is 10.2. The Morgan fingerprint density at radius 2 is 2.11 bits per heavy atom. The summed E-state index contributed by atoms with van der Waals surface area (Å²) >= 11 is 0. The number of aromatic carboxylic acids is 1. The highest BCUT2D eigenvalue weighted by Crippen LogP contribution is 2.15. The van der Waals surface area contributed by atoms with Crippen LogP contribution in [0.2, 0.25) is 0 Å². The van der Waals surface area contributed by atoms with Crippen molar-refractivity contribution in [2.24, 2.45) is 0 Å². The maximum absolute atomic E-state index is 12.1. The number of hydrogen-bond acceptors (Lipinski definition) is 4. The van der Waals surface area contributed by atoms with Crippen molar-refractivity contribution in [3.8, 4) is 0 Å². The third kappa shape index (κ3) is 3.28. The largest absolute Gasteiger partial charge is 0.478 e. The lowest BCUT2D eigenvalue weighted by atomic mass is 10.2. The standard InChI is InChI=1S/C11H15NO5S/c1-12(6-7-17-2)18(15,16)10-5-3-4-9(8-10)11(13)14/h3-5,8H,6-7H2,1-2H3,(H,13,14). The topological polar surface area (TPSA) is 83.9 Å². The van der Waals surface area contributed by atoms with Crippen LogP contribution in [-0.4, -0.2) is 51.1 Å². The molecule has 7 heteroatoms. The van der Waals surface area contributed by atoms with E-state index in [2.05, 4.69) is 0 Å². The number of methoxy groups -OCH3 is 1. The van der Waals surface area contributed by atoms with Gasteiger partial charge in [-0.2, -0.15) is 4.31 Å². The summed E-state index contributed by atoms with van der Waals surface area (Å²) in [6, 6.07) is 5.25. The Balaban J connectivity index is 3.04. The van der Waals surface area contributed by atoms with Crippen LogP contribution in [0.15, 0.2) is 29.2 Å². The number of ether oxygens (including phenoxy) is 1. The predicted octanol–water partition coefficient (Wildman–Crippen LogP) is 0.652. The van der Waals surface area contributed by atoms with Crippen LogP contribution in [0.25, 0.3) is 0 Å². The molecule has 0 aromatic heterocycles. The second-order valence-electron chi connectivity index (χ2n) is 3.65. The highest BCUT2D eigenvalue weighted by atomic mass is 32.2. The lowest BCUT2D eigenvalue weighted by molar-refractivity contribution is 0.0696. The number of hydrogen-bond donors (Lipinski definition) is 1. The van der Waals surface area contributed by atoms with E-state index in [0.29, 0.717) is 0 Å². The second-order valence-corrected chi connectivity index (χ2v) is 5.70. The maximum atomic E-state index is 12.1. The molecule has 100 valence electrons. The van der Waals surface area contributed by atoms with E-state index in [1.54, 1.807) is 0 Å². The zero-order chi connectivity index (χ0) is 13.8. The Kier molecular flexibility index (Phi) is 4.83. The Morgan fingerprint density at radius 3 is 2.67 bits per heavy atom. The van der Waals surface area contributed by atoms with Gasteiger partial charge < -0.3 is 9.84 Å². The van der Waals surface area contributed by atoms with Crippen LogP contribution >= 0.6 is 0 Å². The zero-order valence-corrected chi connectivity index (χ0v) is 11.0. The van der Waals surface area contributed by atoms with Crippen molar-refractivity contribution >= 4 is 16.0 Å². The summed E-state index contributed by atoms with van der Waals surface area (Å²) in [4.78, 5) is 10.8. The average Bonchev–Trinajstić information content (AvgIpc) is 2.35. The van der Waals surface area contributed by atoms with E-state index < -0.39 is 16.0 Å². The monoisotopic (exact) mass is 273 g/mol. The van der Waals surface area contributed by atoms with E-state index >= 15 is 0 Å². The van der Waals surface area contributed by atoms with Gasteiger partial charge in [0.05, 0.1) is 17.1 Å². The number of nitrogens with zero attached hydrogens (tertiary/aromatic N) is 1. The van der Waals surface area contributed by atoms with Crippen LogP contribution in [0, 0.1) is 0 Å². The molecule has 0 unspecified atom stereocenters. The number of likely N-dealkylation sites (N-methyl/N-ethyl adjacent to an activating group) is 1.